The highest BCUT2D eigenvalue weighted by Crippen LogP contribution is 2.11. The Kier molecular flexibility index (Phi) is 7.06. The Labute approximate surface area is 90.7 Å². The second-order valence-corrected chi connectivity index (χ2v) is 3.31. The number of hydrogen-bond acceptors (Lipinski definition) is 1. The largest absolute Gasteiger partial charge is 0.330 e. The van der Waals surface area contributed by atoms with Crippen LogP contribution in [0.15, 0.2) is 24.3 Å². The van der Waals surface area contributed by atoms with Crippen LogP contribution in [0.25, 0.3) is 0 Å². The Hall–Kier alpha value is -0.240. The fourth-order valence-corrected chi connectivity index (χ4v) is 1.25. The SMILES string of the molecule is Cl.NCCCCc1ccc(Cl)cc1. The molecule has 0 bridgehead atoms. The minimum absolute atomic E-state index is 0. The van der Waals surface area contributed by atoms with E-state index in [0.29, 0.717) is 0 Å². The molecule has 0 spiro atoms. The van der Waals surface area contributed by atoms with Crippen LogP contribution in [0.5, 0.6) is 0 Å². The molecule has 0 amide bonds. The molecule has 13 heavy (non-hydrogen) atoms. The van der Waals surface area contributed by atoms with E-state index in [1.54, 1.807) is 0 Å². The molecular weight excluding hydrogens is 205 g/mol. The Balaban J connectivity index is 0.00000144. The highest BCUT2D eigenvalue weighted by Gasteiger charge is 1.92. The summed E-state index contributed by atoms with van der Waals surface area (Å²) in [4.78, 5) is 0. The molecule has 0 saturated carbocycles. The molecule has 0 aliphatic heterocycles. The Morgan fingerprint density at radius 3 is 2.23 bits per heavy atom. The van der Waals surface area contributed by atoms with Gasteiger partial charge in [0.15, 0.2) is 0 Å². The maximum Gasteiger partial charge on any atom is 0.0406 e. The number of unbranched alkanes of at least 4 members (excludes halogenated alkanes) is 1. The summed E-state index contributed by atoms with van der Waals surface area (Å²) >= 11 is 5.75. The number of nitrogens with two attached hydrogens (primary N) is 1. The average Bonchev–Trinajstić information content (AvgIpc) is 2.09. The Morgan fingerprint density at radius 1 is 1.08 bits per heavy atom. The molecular formula is C10H15Cl2N. The average molecular weight is 220 g/mol. The minimum Gasteiger partial charge on any atom is -0.330 e. The number of halogens is 2. The van der Waals surface area contributed by atoms with E-state index in [4.69, 9.17) is 17.3 Å². The van der Waals surface area contributed by atoms with Crippen molar-refractivity contribution in [1.29, 1.82) is 0 Å². The normalized spacial score (nSPS) is 9.38. The lowest BCUT2D eigenvalue weighted by atomic mass is 10.1. The van der Waals surface area contributed by atoms with Gasteiger partial charge in [-0.05, 0) is 43.5 Å². The van der Waals surface area contributed by atoms with Crippen LogP contribution < -0.4 is 5.73 Å². The number of rotatable bonds is 4. The number of benzene rings is 1. The fraction of sp³-hybridized carbons (Fsp3) is 0.400. The van der Waals surface area contributed by atoms with E-state index in [-0.39, 0.29) is 12.4 Å². The van der Waals surface area contributed by atoms with Crippen molar-refractivity contribution in [2.45, 2.75) is 19.3 Å². The predicted octanol–water partition coefficient (Wildman–Crippen LogP) is 3.04. The third-order valence-corrected chi connectivity index (χ3v) is 2.08. The van der Waals surface area contributed by atoms with Crippen molar-refractivity contribution in [3.05, 3.63) is 34.9 Å². The summed E-state index contributed by atoms with van der Waals surface area (Å²) in [7, 11) is 0. The van der Waals surface area contributed by atoms with Crippen molar-refractivity contribution in [1.82, 2.24) is 0 Å². The zero-order valence-corrected chi connectivity index (χ0v) is 9.07. The van der Waals surface area contributed by atoms with Gasteiger partial charge in [0, 0.05) is 5.02 Å². The molecule has 0 radical (unpaired) electrons. The first-order chi connectivity index (χ1) is 5.83. The summed E-state index contributed by atoms with van der Waals surface area (Å²) in [5, 5.41) is 0.803. The van der Waals surface area contributed by atoms with E-state index in [1.165, 1.54) is 5.56 Å². The lowest BCUT2D eigenvalue weighted by molar-refractivity contribution is 0.745. The second kappa shape index (κ2) is 7.19. The summed E-state index contributed by atoms with van der Waals surface area (Å²) in [5.41, 5.74) is 6.74. The molecule has 2 N–H and O–H groups in total. The van der Waals surface area contributed by atoms with Gasteiger partial charge in [-0.15, -0.1) is 12.4 Å². The highest BCUT2D eigenvalue weighted by atomic mass is 35.5. The van der Waals surface area contributed by atoms with Gasteiger partial charge in [0.05, 0.1) is 0 Å². The molecule has 0 fully saturated rings. The Morgan fingerprint density at radius 2 is 1.69 bits per heavy atom. The molecule has 0 heterocycles. The molecule has 74 valence electrons. The zero-order valence-electron chi connectivity index (χ0n) is 7.50. The molecule has 1 aromatic rings. The third kappa shape index (κ3) is 5.14. The number of aryl methyl sites for hydroxylation is 1. The van der Waals surface area contributed by atoms with Gasteiger partial charge in [-0.3, -0.25) is 0 Å². The molecule has 1 rings (SSSR count). The van der Waals surface area contributed by atoms with Crippen LogP contribution in [0, 0.1) is 0 Å². The van der Waals surface area contributed by atoms with Gasteiger partial charge in [0.2, 0.25) is 0 Å². The first-order valence-electron chi connectivity index (χ1n) is 4.27. The molecule has 3 heteroatoms. The van der Waals surface area contributed by atoms with E-state index in [2.05, 4.69) is 12.1 Å². The van der Waals surface area contributed by atoms with Gasteiger partial charge in [-0.2, -0.15) is 0 Å². The molecule has 0 unspecified atom stereocenters. The van der Waals surface area contributed by atoms with Crippen LogP contribution in [0.1, 0.15) is 18.4 Å². The highest BCUT2D eigenvalue weighted by molar-refractivity contribution is 6.30. The predicted molar refractivity (Wildman–Crippen MR) is 60.7 cm³/mol. The van der Waals surface area contributed by atoms with Crippen LogP contribution >= 0.6 is 24.0 Å². The van der Waals surface area contributed by atoms with E-state index in [0.717, 1.165) is 30.8 Å². The van der Waals surface area contributed by atoms with E-state index in [9.17, 15) is 0 Å². The lowest BCUT2D eigenvalue weighted by Crippen LogP contribution is -1.98. The molecule has 0 aliphatic rings. The Bertz CT molecular complexity index is 221. The van der Waals surface area contributed by atoms with Crippen molar-refractivity contribution in [2.75, 3.05) is 6.54 Å². The first-order valence-corrected chi connectivity index (χ1v) is 4.65. The van der Waals surface area contributed by atoms with Gasteiger partial charge in [0.25, 0.3) is 0 Å². The van der Waals surface area contributed by atoms with E-state index in [1.807, 2.05) is 12.1 Å². The summed E-state index contributed by atoms with van der Waals surface area (Å²) in [6, 6.07) is 8.00. The van der Waals surface area contributed by atoms with Crippen LogP contribution in [0.2, 0.25) is 5.02 Å². The lowest BCUT2D eigenvalue weighted by Gasteiger charge is -1.99. The molecule has 0 aromatic heterocycles. The fourth-order valence-electron chi connectivity index (χ4n) is 1.12. The summed E-state index contributed by atoms with van der Waals surface area (Å²) in [6.45, 7) is 0.785. The molecule has 0 saturated heterocycles. The maximum atomic E-state index is 5.75. The second-order valence-electron chi connectivity index (χ2n) is 2.87. The maximum absolute atomic E-state index is 5.75. The van der Waals surface area contributed by atoms with Crippen LogP contribution in [0.3, 0.4) is 0 Å². The van der Waals surface area contributed by atoms with E-state index >= 15 is 0 Å². The monoisotopic (exact) mass is 219 g/mol. The molecule has 0 aliphatic carbocycles. The molecule has 1 aromatic carbocycles. The summed E-state index contributed by atoms with van der Waals surface area (Å²) < 4.78 is 0. The smallest absolute Gasteiger partial charge is 0.0406 e. The van der Waals surface area contributed by atoms with Crippen LogP contribution in [-0.4, -0.2) is 6.54 Å². The van der Waals surface area contributed by atoms with Crippen molar-refractivity contribution >= 4 is 24.0 Å². The van der Waals surface area contributed by atoms with Gasteiger partial charge in [-0.1, -0.05) is 23.7 Å². The first kappa shape index (κ1) is 12.8. The van der Waals surface area contributed by atoms with Crippen molar-refractivity contribution < 1.29 is 0 Å². The molecule has 1 nitrogen and oxygen atoms in total. The van der Waals surface area contributed by atoms with Crippen molar-refractivity contribution in [3.63, 3.8) is 0 Å². The van der Waals surface area contributed by atoms with E-state index < -0.39 is 0 Å². The minimum atomic E-state index is 0. The summed E-state index contributed by atoms with van der Waals surface area (Å²) in [5.74, 6) is 0. The van der Waals surface area contributed by atoms with Crippen LogP contribution in [-0.2, 0) is 6.42 Å². The zero-order chi connectivity index (χ0) is 8.81. The van der Waals surface area contributed by atoms with Gasteiger partial charge < -0.3 is 5.73 Å². The van der Waals surface area contributed by atoms with Gasteiger partial charge in [-0.25, -0.2) is 0 Å². The standard InChI is InChI=1S/C10H14ClN.ClH/c11-10-6-4-9(5-7-10)3-1-2-8-12;/h4-7H,1-3,8,12H2;1H. The third-order valence-electron chi connectivity index (χ3n) is 1.83. The van der Waals surface area contributed by atoms with Crippen molar-refractivity contribution in [2.24, 2.45) is 5.73 Å². The van der Waals surface area contributed by atoms with Crippen LogP contribution in [0.4, 0.5) is 0 Å². The quantitative estimate of drug-likeness (QED) is 0.775. The topological polar surface area (TPSA) is 26.0 Å². The van der Waals surface area contributed by atoms with Crippen molar-refractivity contribution in [3.8, 4) is 0 Å². The number of hydrogen-bond donors (Lipinski definition) is 1. The van der Waals surface area contributed by atoms with Gasteiger partial charge >= 0.3 is 0 Å². The summed E-state index contributed by atoms with van der Waals surface area (Å²) in [6.07, 6.45) is 3.37. The van der Waals surface area contributed by atoms with Gasteiger partial charge in [0.1, 0.15) is 0 Å². The molecule has 0 atom stereocenters.